The standard InChI is InChI=1S/C15H19BrF3NO/c1-9(2)14-8-11(5-6-21-14)20-10-3-4-13(16)12(7-10)15(17,18)19/h3-4,7,9,11,14,20H,5-6,8H2,1-2H3. The lowest BCUT2D eigenvalue weighted by atomic mass is 9.95. The number of nitrogens with one attached hydrogen (secondary N) is 1. The van der Waals surface area contributed by atoms with Gasteiger partial charge in [-0.05, 0) is 37.0 Å². The molecule has 0 aromatic heterocycles. The molecule has 2 unspecified atom stereocenters. The van der Waals surface area contributed by atoms with Crippen molar-refractivity contribution in [2.45, 2.75) is 45.0 Å². The Morgan fingerprint density at radius 2 is 2.05 bits per heavy atom. The van der Waals surface area contributed by atoms with E-state index in [1.54, 1.807) is 6.07 Å². The quantitative estimate of drug-likeness (QED) is 0.805. The van der Waals surface area contributed by atoms with Crippen molar-refractivity contribution < 1.29 is 17.9 Å². The number of halogens is 4. The van der Waals surface area contributed by atoms with Gasteiger partial charge in [0.1, 0.15) is 0 Å². The number of hydrogen-bond acceptors (Lipinski definition) is 2. The predicted molar refractivity (Wildman–Crippen MR) is 80.4 cm³/mol. The van der Waals surface area contributed by atoms with E-state index < -0.39 is 11.7 Å². The molecule has 118 valence electrons. The Balaban J connectivity index is 2.09. The third-order valence-corrected chi connectivity index (χ3v) is 4.39. The van der Waals surface area contributed by atoms with Crippen LogP contribution in [0, 0.1) is 5.92 Å². The second-order valence-corrected chi connectivity index (χ2v) is 6.57. The van der Waals surface area contributed by atoms with Gasteiger partial charge in [-0.3, -0.25) is 0 Å². The van der Waals surface area contributed by atoms with E-state index in [4.69, 9.17) is 4.74 Å². The fraction of sp³-hybridized carbons (Fsp3) is 0.600. The van der Waals surface area contributed by atoms with Crippen molar-refractivity contribution in [2.24, 2.45) is 5.92 Å². The van der Waals surface area contributed by atoms with Gasteiger partial charge in [-0.1, -0.05) is 29.8 Å². The van der Waals surface area contributed by atoms with Crippen LogP contribution in [0.4, 0.5) is 18.9 Å². The Labute approximate surface area is 131 Å². The second-order valence-electron chi connectivity index (χ2n) is 5.71. The molecule has 1 heterocycles. The molecule has 2 atom stereocenters. The van der Waals surface area contributed by atoms with Crippen LogP contribution in [-0.4, -0.2) is 18.8 Å². The maximum Gasteiger partial charge on any atom is 0.417 e. The Morgan fingerprint density at radius 1 is 1.33 bits per heavy atom. The Hall–Kier alpha value is -0.750. The largest absolute Gasteiger partial charge is 0.417 e. The van der Waals surface area contributed by atoms with Crippen molar-refractivity contribution >= 4 is 21.6 Å². The summed E-state index contributed by atoms with van der Waals surface area (Å²) in [7, 11) is 0. The lowest BCUT2D eigenvalue weighted by Gasteiger charge is -2.33. The first-order valence-electron chi connectivity index (χ1n) is 7.02. The first-order valence-corrected chi connectivity index (χ1v) is 7.81. The van der Waals surface area contributed by atoms with E-state index in [1.165, 1.54) is 6.07 Å². The summed E-state index contributed by atoms with van der Waals surface area (Å²) >= 11 is 2.95. The number of benzene rings is 1. The second kappa shape index (κ2) is 6.57. The molecule has 0 aliphatic carbocycles. The van der Waals surface area contributed by atoms with E-state index in [1.807, 2.05) is 0 Å². The highest BCUT2D eigenvalue weighted by Crippen LogP contribution is 2.36. The van der Waals surface area contributed by atoms with Gasteiger partial charge < -0.3 is 10.1 Å². The molecule has 0 radical (unpaired) electrons. The van der Waals surface area contributed by atoms with E-state index in [2.05, 4.69) is 35.1 Å². The smallest absolute Gasteiger partial charge is 0.382 e. The Morgan fingerprint density at radius 3 is 2.67 bits per heavy atom. The third-order valence-electron chi connectivity index (χ3n) is 3.70. The van der Waals surface area contributed by atoms with Crippen molar-refractivity contribution in [3.05, 3.63) is 28.2 Å². The van der Waals surface area contributed by atoms with E-state index in [-0.39, 0.29) is 16.6 Å². The normalized spacial score (nSPS) is 23.4. The molecule has 1 fully saturated rings. The lowest BCUT2D eigenvalue weighted by molar-refractivity contribution is -0.138. The fourth-order valence-corrected chi connectivity index (χ4v) is 2.96. The third kappa shape index (κ3) is 4.36. The first-order chi connectivity index (χ1) is 9.77. The zero-order chi connectivity index (χ0) is 15.6. The molecule has 0 spiro atoms. The maximum atomic E-state index is 12.9. The molecular formula is C15H19BrF3NO. The van der Waals surface area contributed by atoms with Crippen molar-refractivity contribution in [1.82, 2.24) is 0 Å². The number of rotatable bonds is 3. The summed E-state index contributed by atoms with van der Waals surface area (Å²) in [6, 6.07) is 4.40. The topological polar surface area (TPSA) is 21.3 Å². The Bertz CT molecular complexity index is 490. The zero-order valence-electron chi connectivity index (χ0n) is 12.0. The van der Waals surface area contributed by atoms with Gasteiger partial charge in [0.15, 0.2) is 0 Å². The van der Waals surface area contributed by atoms with Crippen molar-refractivity contribution in [2.75, 3.05) is 11.9 Å². The van der Waals surface area contributed by atoms with Gasteiger partial charge in [0, 0.05) is 22.8 Å². The summed E-state index contributed by atoms with van der Waals surface area (Å²) in [5.74, 6) is 0.408. The van der Waals surface area contributed by atoms with Gasteiger partial charge in [-0.2, -0.15) is 13.2 Å². The molecule has 21 heavy (non-hydrogen) atoms. The number of hydrogen-bond donors (Lipinski definition) is 1. The van der Waals surface area contributed by atoms with Gasteiger partial charge in [0.05, 0.1) is 11.7 Å². The summed E-state index contributed by atoms with van der Waals surface area (Å²) in [6.45, 7) is 4.83. The average Bonchev–Trinajstić information content (AvgIpc) is 2.40. The van der Waals surface area contributed by atoms with Crippen LogP contribution in [0.25, 0.3) is 0 Å². The highest BCUT2D eigenvalue weighted by atomic mass is 79.9. The minimum absolute atomic E-state index is 0.0626. The molecule has 0 saturated carbocycles. The van der Waals surface area contributed by atoms with Crippen LogP contribution >= 0.6 is 15.9 Å². The maximum absolute atomic E-state index is 12.9. The van der Waals surface area contributed by atoms with Gasteiger partial charge in [-0.15, -0.1) is 0 Å². The molecule has 1 aliphatic rings. The molecule has 0 bridgehead atoms. The lowest BCUT2D eigenvalue weighted by Crippen LogP contribution is -2.36. The summed E-state index contributed by atoms with van der Waals surface area (Å²) in [5.41, 5.74) is -0.153. The predicted octanol–water partition coefficient (Wildman–Crippen LogP) is 5.08. The molecule has 0 amide bonds. The molecule has 1 N–H and O–H groups in total. The number of anilines is 1. The van der Waals surface area contributed by atoms with Crippen LogP contribution in [0.1, 0.15) is 32.3 Å². The minimum Gasteiger partial charge on any atom is -0.382 e. The molecule has 1 aromatic rings. The zero-order valence-corrected chi connectivity index (χ0v) is 13.6. The minimum atomic E-state index is -4.35. The molecule has 1 saturated heterocycles. The van der Waals surface area contributed by atoms with Gasteiger partial charge in [0.2, 0.25) is 0 Å². The number of ether oxygens (including phenoxy) is 1. The molecule has 2 rings (SSSR count). The van der Waals surface area contributed by atoms with Gasteiger partial charge in [0.25, 0.3) is 0 Å². The first kappa shape index (κ1) is 16.6. The van der Waals surface area contributed by atoms with Gasteiger partial charge in [-0.25, -0.2) is 0 Å². The average molecular weight is 366 g/mol. The SMILES string of the molecule is CC(C)C1CC(Nc2ccc(Br)c(C(F)(F)F)c2)CCO1. The monoisotopic (exact) mass is 365 g/mol. The van der Waals surface area contributed by atoms with E-state index in [0.29, 0.717) is 18.2 Å². The summed E-state index contributed by atoms with van der Waals surface area (Å²) in [5, 5.41) is 3.20. The van der Waals surface area contributed by atoms with Crippen LogP contribution in [-0.2, 0) is 10.9 Å². The highest BCUT2D eigenvalue weighted by Gasteiger charge is 2.33. The summed E-state index contributed by atoms with van der Waals surface area (Å²) < 4.78 is 44.4. The molecule has 2 nitrogen and oxygen atoms in total. The van der Waals surface area contributed by atoms with Crippen LogP contribution in [0.3, 0.4) is 0 Å². The summed E-state index contributed by atoms with van der Waals surface area (Å²) in [6.07, 6.45) is -2.57. The number of alkyl halides is 3. The van der Waals surface area contributed by atoms with E-state index in [0.717, 1.165) is 18.9 Å². The highest BCUT2D eigenvalue weighted by molar-refractivity contribution is 9.10. The van der Waals surface area contributed by atoms with Crippen LogP contribution < -0.4 is 5.32 Å². The van der Waals surface area contributed by atoms with Crippen molar-refractivity contribution in [3.63, 3.8) is 0 Å². The molecule has 1 aromatic carbocycles. The molecule has 6 heteroatoms. The van der Waals surface area contributed by atoms with Crippen molar-refractivity contribution in [1.29, 1.82) is 0 Å². The van der Waals surface area contributed by atoms with E-state index >= 15 is 0 Å². The van der Waals surface area contributed by atoms with Crippen LogP contribution in [0.5, 0.6) is 0 Å². The molecular weight excluding hydrogens is 347 g/mol. The summed E-state index contributed by atoms with van der Waals surface area (Å²) in [4.78, 5) is 0. The Kier molecular flexibility index (Phi) is 5.20. The van der Waals surface area contributed by atoms with Gasteiger partial charge >= 0.3 is 6.18 Å². The van der Waals surface area contributed by atoms with E-state index in [9.17, 15) is 13.2 Å². The fourth-order valence-electron chi connectivity index (χ4n) is 2.49. The van der Waals surface area contributed by atoms with Crippen LogP contribution in [0.2, 0.25) is 0 Å². The van der Waals surface area contributed by atoms with Crippen molar-refractivity contribution in [3.8, 4) is 0 Å². The molecule has 1 aliphatic heterocycles. The van der Waals surface area contributed by atoms with Crippen LogP contribution in [0.15, 0.2) is 22.7 Å².